The van der Waals surface area contributed by atoms with Crippen molar-refractivity contribution in [3.63, 3.8) is 0 Å². The second-order valence-corrected chi connectivity index (χ2v) is 6.54. The molecule has 1 aliphatic heterocycles. The zero-order valence-electron chi connectivity index (χ0n) is 13.0. The van der Waals surface area contributed by atoms with Crippen LogP contribution in [0.5, 0.6) is 0 Å². The number of hydrazone groups is 1. The summed E-state index contributed by atoms with van der Waals surface area (Å²) in [7, 11) is 0. The summed E-state index contributed by atoms with van der Waals surface area (Å²) in [5, 5.41) is 7.86. The predicted molar refractivity (Wildman–Crippen MR) is 100 cm³/mol. The van der Waals surface area contributed by atoms with Gasteiger partial charge < -0.3 is 9.80 Å². The number of benzene rings is 1. The van der Waals surface area contributed by atoms with Crippen LogP contribution in [0.25, 0.3) is 0 Å². The molecule has 23 heavy (non-hydrogen) atoms. The third kappa shape index (κ3) is 4.05. The number of nitrogens with one attached hydrogen (secondary N) is 1. The van der Waals surface area contributed by atoms with Gasteiger partial charge in [0.2, 0.25) is 0 Å². The summed E-state index contributed by atoms with van der Waals surface area (Å²) in [6, 6.07) is 10.5. The molecule has 1 fully saturated rings. The Morgan fingerprint density at radius 2 is 1.96 bits per heavy atom. The third-order valence-electron chi connectivity index (χ3n) is 3.75. The molecule has 120 valence electrons. The smallest absolute Gasteiger partial charge is 0.189 e. The molecule has 7 heteroatoms. The van der Waals surface area contributed by atoms with E-state index in [9.17, 15) is 0 Å². The lowest BCUT2D eigenvalue weighted by molar-refractivity contribution is 0.381. The number of thiazole rings is 1. The van der Waals surface area contributed by atoms with Gasteiger partial charge >= 0.3 is 0 Å². The fourth-order valence-corrected chi connectivity index (χ4v) is 3.28. The summed E-state index contributed by atoms with van der Waals surface area (Å²) in [5.41, 5.74) is 5.11. The largest absolute Gasteiger partial charge is 0.368 e. The molecule has 0 radical (unpaired) electrons. The number of piperazine rings is 1. The number of hydrogen-bond donors (Lipinski definition) is 1. The van der Waals surface area contributed by atoms with Gasteiger partial charge in [-0.1, -0.05) is 18.2 Å². The Labute approximate surface area is 145 Å². The van der Waals surface area contributed by atoms with E-state index in [1.165, 1.54) is 5.69 Å². The summed E-state index contributed by atoms with van der Waals surface area (Å²) in [6.45, 7) is 5.64. The van der Waals surface area contributed by atoms with Crippen molar-refractivity contribution in [2.75, 3.05) is 31.1 Å². The molecular weight excluding hydrogens is 326 g/mol. The first kappa shape index (κ1) is 15.9. The van der Waals surface area contributed by atoms with Crippen molar-refractivity contribution < 1.29 is 0 Å². The van der Waals surface area contributed by atoms with Gasteiger partial charge in [-0.25, -0.2) is 4.98 Å². The normalized spacial score (nSPS) is 15.6. The fraction of sp³-hybridized carbons (Fsp3) is 0.312. The molecule has 1 aromatic carbocycles. The molecule has 0 amide bonds. The molecule has 0 spiro atoms. The van der Waals surface area contributed by atoms with Crippen LogP contribution in [-0.2, 0) is 0 Å². The lowest BCUT2D eigenvalue weighted by Crippen LogP contribution is -2.51. The van der Waals surface area contributed by atoms with E-state index in [0.29, 0.717) is 5.11 Å². The van der Waals surface area contributed by atoms with E-state index >= 15 is 0 Å². The average Bonchev–Trinajstić information content (AvgIpc) is 3.15. The summed E-state index contributed by atoms with van der Waals surface area (Å²) in [4.78, 5) is 8.77. The standard InChI is InChI=1S/C16H19N5S2/c1-13(15-17-7-12-23-15)18-19-16(22)21-10-8-20(9-11-21)14-5-3-2-4-6-14/h2-7,12H,8-11H2,1H3,(H,19,22)/b18-13-. The maximum absolute atomic E-state index is 5.45. The number of hydrogen-bond acceptors (Lipinski definition) is 5. The minimum absolute atomic E-state index is 0.675. The number of aromatic nitrogens is 1. The zero-order valence-corrected chi connectivity index (χ0v) is 14.6. The highest BCUT2D eigenvalue weighted by atomic mass is 32.1. The van der Waals surface area contributed by atoms with Crippen molar-refractivity contribution in [2.45, 2.75) is 6.92 Å². The van der Waals surface area contributed by atoms with Crippen molar-refractivity contribution in [3.05, 3.63) is 46.9 Å². The number of anilines is 1. The Hall–Kier alpha value is -1.99. The summed E-state index contributed by atoms with van der Waals surface area (Å²) in [5.74, 6) is 0. The van der Waals surface area contributed by atoms with E-state index in [1.807, 2.05) is 18.4 Å². The van der Waals surface area contributed by atoms with E-state index in [-0.39, 0.29) is 0 Å². The topological polar surface area (TPSA) is 43.8 Å². The van der Waals surface area contributed by atoms with E-state index in [0.717, 1.165) is 36.9 Å². The second kappa shape index (κ2) is 7.52. The average molecular weight is 345 g/mol. The van der Waals surface area contributed by atoms with E-state index in [4.69, 9.17) is 12.2 Å². The first-order valence-corrected chi connectivity index (χ1v) is 8.82. The number of para-hydroxylation sites is 1. The first-order chi connectivity index (χ1) is 11.2. The van der Waals surface area contributed by atoms with E-state index in [1.54, 1.807) is 17.5 Å². The maximum Gasteiger partial charge on any atom is 0.189 e. The molecule has 0 saturated carbocycles. The number of rotatable bonds is 3. The zero-order chi connectivity index (χ0) is 16.1. The Balaban J connectivity index is 1.51. The van der Waals surface area contributed by atoms with Gasteiger partial charge in [-0.2, -0.15) is 5.10 Å². The molecule has 0 unspecified atom stereocenters. The number of nitrogens with zero attached hydrogens (tertiary/aromatic N) is 4. The van der Waals surface area contributed by atoms with Gasteiger partial charge in [-0.05, 0) is 31.3 Å². The summed E-state index contributed by atoms with van der Waals surface area (Å²) in [6.07, 6.45) is 1.78. The highest BCUT2D eigenvalue weighted by molar-refractivity contribution is 7.80. The Morgan fingerprint density at radius 3 is 2.61 bits per heavy atom. The third-order valence-corrected chi connectivity index (χ3v) is 4.98. The molecule has 2 aromatic rings. The summed E-state index contributed by atoms with van der Waals surface area (Å²) < 4.78 is 0. The quantitative estimate of drug-likeness (QED) is 0.526. The van der Waals surface area contributed by atoms with Crippen LogP contribution < -0.4 is 10.3 Å². The first-order valence-electron chi connectivity index (χ1n) is 7.53. The predicted octanol–water partition coefficient (Wildman–Crippen LogP) is 2.56. The lowest BCUT2D eigenvalue weighted by Gasteiger charge is -2.37. The van der Waals surface area contributed by atoms with Gasteiger partial charge in [0, 0.05) is 43.4 Å². The van der Waals surface area contributed by atoms with Crippen LogP contribution in [0.2, 0.25) is 0 Å². The molecule has 2 heterocycles. The van der Waals surface area contributed by atoms with Gasteiger partial charge in [0.15, 0.2) is 5.11 Å². The Morgan fingerprint density at radius 1 is 1.22 bits per heavy atom. The Kier molecular flexibility index (Phi) is 5.19. The van der Waals surface area contributed by atoms with Crippen LogP contribution in [-0.4, -0.2) is 46.9 Å². The van der Waals surface area contributed by atoms with Crippen molar-refractivity contribution in [3.8, 4) is 0 Å². The summed E-state index contributed by atoms with van der Waals surface area (Å²) >= 11 is 7.02. The van der Waals surface area contributed by atoms with Crippen molar-refractivity contribution in [1.29, 1.82) is 0 Å². The van der Waals surface area contributed by atoms with Gasteiger partial charge in [-0.15, -0.1) is 11.3 Å². The molecular formula is C16H19N5S2. The number of thiocarbonyl (C=S) groups is 1. The second-order valence-electron chi connectivity index (χ2n) is 5.26. The Bertz CT molecular complexity index is 661. The van der Waals surface area contributed by atoms with Crippen LogP contribution in [0, 0.1) is 0 Å². The van der Waals surface area contributed by atoms with Crippen molar-refractivity contribution in [2.24, 2.45) is 5.10 Å². The molecule has 0 aliphatic carbocycles. The van der Waals surface area contributed by atoms with Crippen molar-refractivity contribution in [1.82, 2.24) is 15.3 Å². The van der Waals surface area contributed by atoms with E-state index < -0.39 is 0 Å². The van der Waals surface area contributed by atoms with Crippen LogP contribution in [0.1, 0.15) is 11.9 Å². The minimum Gasteiger partial charge on any atom is -0.368 e. The maximum atomic E-state index is 5.45. The molecule has 0 bridgehead atoms. The fourth-order valence-electron chi connectivity index (χ4n) is 2.46. The van der Waals surface area contributed by atoms with E-state index in [2.05, 4.69) is 49.6 Å². The molecule has 1 N–H and O–H groups in total. The monoisotopic (exact) mass is 345 g/mol. The molecule has 1 aromatic heterocycles. The molecule has 0 atom stereocenters. The highest BCUT2D eigenvalue weighted by Crippen LogP contribution is 2.15. The molecule has 1 saturated heterocycles. The van der Waals surface area contributed by atoms with Crippen molar-refractivity contribution >= 4 is 40.1 Å². The van der Waals surface area contributed by atoms with Gasteiger partial charge in [0.25, 0.3) is 0 Å². The van der Waals surface area contributed by atoms with Gasteiger partial charge in [-0.3, -0.25) is 5.43 Å². The van der Waals surface area contributed by atoms with Gasteiger partial charge in [0.05, 0.1) is 5.71 Å². The molecule has 1 aliphatic rings. The van der Waals surface area contributed by atoms with Crippen LogP contribution >= 0.6 is 23.6 Å². The van der Waals surface area contributed by atoms with Crippen LogP contribution in [0.15, 0.2) is 47.0 Å². The van der Waals surface area contributed by atoms with Crippen LogP contribution in [0.4, 0.5) is 5.69 Å². The molecule has 5 nitrogen and oxygen atoms in total. The molecule has 3 rings (SSSR count). The SMILES string of the molecule is C/C(=N/NC(=S)N1CCN(c2ccccc2)CC1)c1nccs1. The lowest BCUT2D eigenvalue weighted by atomic mass is 10.2. The van der Waals surface area contributed by atoms with Crippen LogP contribution in [0.3, 0.4) is 0 Å². The highest BCUT2D eigenvalue weighted by Gasteiger charge is 2.18. The van der Waals surface area contributed by atoms with Gasteiger partial charge in [0.1, 0.15) is 5.01 Å². The minimum atomic E-state index is 0.675.